The van der Waals surface area contributed by atoms with Gasteiger partial charge in [-0.3, -0.25) is 14.9 Å². The summed E-state index contributed by atoms with van der Waals surface area (Å²) in [5, 5.41) is 14.9. The lowest BCUT2D eigenvalue weighted by atomic mass is 10.2. The highest BCUT2D eigenvalue weighted by molar-refractivity contribution is 14.1. The number of halogens is 1. The van der Waals surface area contributed by atoms with E-state index < -0.39 is 10.8 Å². The molecule has 0 heterocycles. The van der Waals surface area contributed by atoms with Gasteiger partial charge in [-0.2, -0.15) is 5.10 Å². The molecule has 0 spiro atoms. The fourth-order valence-corrected chi connectivity index (χ4v) is 4.02. The molecule has 3 aromatic carbocycles. The molecule has 11 heteroatoms. The van der Waals surface area contributed by atoms with E-state index in [-0.39, 0.29) is 12.3 Å². The number of ether oxygens (including phenoxy) is 4. The second-order valence-corrected chi connectivity index (χ2v) is 8.80. The smallest absolute Gasteiger partial charge is 0.271 e. The summed E-state index contributed by atoms with van der Waals surface area (Å²) in [5.41, 5.74) is 4.33. The van der Waals surface area contributed by atoms with Crippen LogP contribution in [0.2, 0.25) is 0 Å². The van der Waals surface area contributed by atoms with E-state index in [4.69, 9.17) is 18.9 Å². The van der Waals surface area contributed by atoms with Crippen molar-refractivity contribution in [1.29, 1.82) is 0 Å². The number of methoxy groups -OCH3 is 1. The topological polar surface area (TPSA) is 122 Å². The predicted octanol–water partition coefficient (Wildman–Crippen LogP) is 5.51. The molecule has 0 saturated heterocycles. The van der Waals surface area contributed by atoms with Gasteiger partial charge < -0.3 is 18.9 Å². The maximum absolute atomic E-state index is 12.6. The van der Waals surface area contributed by atoms with Crippen LogP contribution >= 0.6 is 22.6 Å². The molecule has 3 rings (SSSR count). The van der Waals surface area contributed by atoms with Gasteiger partial charge in [-0.15, -0.1) is 0 Å². The van der Waals surface area contributed by atoms with E-state index >= 15 is 0 Å². The first-order chi connectivity index (χ1) is 18.4. The zero-order valence-corrected chi connectivity index (χ0v) is 23.0. The van der Waals surface area contributed by atoms with Crippen LogP contribution in [-0.2, 0) is 6.61 Å². The highest BCUT2D eigenvalue weighted by Crippen LogP contribution is 2.34. The number of benzene rings is 3. The van der Waals surface area contributed by atoms with Crippen LogP contribution < -0.4 is 24.4 Å². The molecule has 0 bridgehead atoms. The summed E-state index contributed by atoms with van der Waals surface area (Å²) in [4.78, 5) is 23.0. The average Bonchev–Trinajstić information content (AvgIpc) is 2.91. The monoisotopic (exact) mass is 631 g/mol. The lowest BCUT2D eigenvalue weighted by Crippen LogP contribution is -2.17. The Hall–Kier alpha value is -4.13. The number of carbonyl (C=O) groups is 1. The maximum Gasteiger partial charge on any atom is 0.271 e. The molecule has 0 aliphatic rings. The molecule has 38 heavy (non-hydrogen) atoms. The number of hydrazone groups is 1. The first-order valence-corrected chi connectivity index (χ1v) is 12.5. The quantitative estimate of drug-likeness (QED) is 0.0868. The third-order valence-corrected chi connectivity index (χ3v) is 5.83. The normalized spacial score (nSPS) is 10.6. The highest BCUT2D eigenvalue weighted by atomic mass is 127. The van der Waals surface area contributed by atoms with Gasteiger partial charge in [0.1, 0.15) is 13.2 Å². The van der Waals surface area contributed by atoms with Gasteiger partial charge >= 0.3 is 0 Å². The molecule has 0 unspecified atom stereocenters. The second-order valence-electron chi connectivity index (χ2n) is 7.64. The lowest BCUT2D eigenvalue weighted by Gasteiger charge is -2.13. The summed E-state index contributed by atoms with van der Waals surface area (Å²) in [7, 11) is 1.52. The van der Waals surface area contributed by atoms with Gasteiger partial charge in [-0.05, 0) is 83.1 Å². The molecule has 0 radical (unpaired) electrons. The number of nitro groups is 1. The van der Waals surface area contributed by atoms with Gasteiger partial charge in [0, 0.05) is 17.7 Å². The minimum absolute atomic E-state index is 0.0147. The van der Waals surface area contributed by atoms with Crippen LogP contribution in [0.1, 0.15) is 28.4 Å². The van der Waals surface area contributed by atoms with Crippen LogP contribution in [0.3, 0.4) is 0 Å². The summed E-state index contributed by atoms with van der Waals surface area (Å²) in [5.74, 6) is 1.55. The summed E-state index contributed by atoms with van der Waals surface area (Å²) in [6, 6.07) is 14.6. The van der Waals surface area contributed by atoms with Crippen molar-refractivity contribution in [2.24, 2.45) is 5.10 Å². The van der Waals surface area contributed by atoms with Gasteiger partial charge in [0.15, 0.2) is 23.0 Å². The highest BCUT2D eigenvalue weighted by Gasteiger charge is 2.14. The first kappa shape index (κ1) is 28.4. The molecule has 1 N–H and O–H groups in total. The summed E-state index contributed by atoms with van der Waals surface area (Å²) < 4.78 is 23.3. The Balaban J connectivity index is 1.67. The second kappa shape index (κ2) is 14.0. The van der Waals surface area contributed by atoms with Crippen LogP contribution in [0.5, 0.6) is 23.0 Å². The fraction of sp³-hybridized carbons (Fsp3) is 0.185. The zero-order valence-electron chi connectivity index (χ0n) is 20.8. The number of hydrogen-bond donors (Lipinski definition) is 1. The zero-order chi connectivity index (χ0) is 27.5. The molecule has 3 aromatic rings. The van der Waals surface area contributed by atoms with Crippen molar-refractivity contribution >= 4 is 40.4 Å². The van der Waals surface area contributed by atoms with Gasteiger partial charge in [-0.1, -0.05) is 12.7 Å². The lowest BCUT2D eigenvalue weighted by molar-refractivity contribution is -0.384. The van der Waals surface area contributed by atoms with E-state index in [0.717, 1.165) is 9.13 Å². The molecule has 1 amide bonds. The van der Waals surface area contributed by atoms with E-state index in [2.05, 4.69) is 39.7 Å². The van der Waals surface area contributed by atoms with Crippen molar-refractivity contribution in [3.8, 4) is 23.0 Å². The number of rotatable bonds is 13. The van der Waals surface area contributed by atoms with E-state index in [0.29, 0.717) is 47.3 Å². The van der Waals surface area contributed by atoms with Crippen molar-refractivity contribution in [1.82, 2.24) is 5.43 Å². The first-order valence-electron chi connectivity index (χ1n) is 11.4. The van der Waals surface area contributed by atoms with Crippen LogP contribution in [0, 0.1) is 13.7 Å². The molecule has 0 fully saturated rings. The maximum atomic E-state index is 12.6. The standard InChI is InChI=1S/C27H26IN3O7/c1-4-12-37-23-11-8-20(15-24(23)36-5-2)27(32)30-29-16-19-13-22(28)26(25(14-19)35-3)38-17-18-6-9-21(10-7-18)31(33)34/h4,6-11,13-16H,1,5,12,17H2,2-3H3,(H,30,32)/b29-16+. The molecule has 0 atom stereocenters. The van der Waals surface area contributed by atoms with Crippen LogP contribution in [0.25, 0.3) is 0 Å². The summed E-state index contributed by atoms with van der Waals surface area (Å²) >= 11 is 2.11. The number of carbonyl (C=O) groups excluding carboxylic acids is 1. The van der Waals surface area contributed by atoms with Crippen LogP contribution in [0.4, 0.5) is 5.69 Å². The third-order valence-electron chi connectivity index (χ3n) is 5.02. The van der Waals surface area contributed by atoms with Gasteiger partial charge in [0.05, 0.1) is 28.4 Å². The Bertz CT molecular complexity index is 1330. The van der Waals surface area contributed by atoms with Gasteiger partial charge in [0.2, 0.25) is 0 Å². The van der Waals surface area contributed by atoms with E-state index in [9.17, 15) is 14.9 Å². The van der Waals surface area contributed by atoms with Gasteiger partial charge in [-0.25, -0.2) is 5.43 Å². The molecular formula is C27H26IN3O7. The van der Waals surface area contributed by atoms with E-state index in [1.807, 2.05) is 13.0 Å². The minimum atomic E-state index is -0.451. The van der Waals surface area contributed by atoms with Crippen molar-refractivity contribution in [2.45, 2.75) is 13.5 Å². The predicted molar refractivity (Wildman–Crippen MR) is 152 cm³/mol. The molecule has 0 aliphatic heterocycles. The van der Waals surface area contributed by atoms with E-state index in [1.165, 1.54) is 25.5 Å². The summed E-state index contributed by atoms with van der Waals surface area (Å²) in [6.07, 6.45) is 3.12. The Labute approximate surface area is 233 Å². The molecule has 0 aromatic heterocycles. The van der Waals surface area contributed by atoms with Crippen molar-refractivity contribution < 1.29 is 28.7 Å². The minimum Gasteiger partial charge on any atom is -0.493 e. The van der Waals surface area contributed by atoms with Crippen molar-refractivity contribution in [3.05, 3.63) is 97.6 Å². The van der Waals surface area contributed by atoms with Crippen molar-refractivity contribution in [2.75, 3.05) is 20.3 Å². The SMILES string of the molecule is C=CCOc1ccc(C(=O)N/N=C/c2cc(I)c(OCc3ccc([N+](=O)[O-])cc3)c(OC)c2)cc1OCC. The number of nitrogens with zero attached hydrogens (tertiary/aromatic N) is 2. The Kier molecular flexibility index (Phi) is 10.5. The number of nitrogens with one attached hydrogen (secondary N) is 1. The van der Waals surface area contributed by atoms with Crippen LogP contribution in [-0.4, -0.2) is 37.4 Å². The molecule has 0 saturated carbocycles. The number of nitro benzene ring substituents is 1. The fourth-order valence-electron chi connectivity index (χ4n) is 3.24. The Morgan fingerprint density at radius 3 is 2.50 bits per heavy atom. The molecule has 10 nitrogen and oxygen atoms in total. The molecule has 198 valence electrons. The van der Waals surface area contributed by atoms with Crippen molar-refractivity contribution in [3.63, 3.8) is 0 Å². The number of hydrogen-bond acceptors (Lipinski definition) is 8. The molecule has 0 aliphatic carbocycles. The largest absolute Gasteiger partial charge is 0.493 e. The van der Waals surface area contributed by atoms with Crippen LogP contribution in [0.15, 0.2) is 72.4 Å². The number of amides is 1. The summed E-state index contributed by atoms with van der Waals surface area (Å²) in [6.45, 7) is 6.41. The van der Waals surface area contributed by atoms with Gasteiger partial charge in [0.25, 0.3) is 11.6 Å². The van der Waals surface area contributed by atoms with E-state index in [1.54, 1.807) is 42.5 Å². The Morgan fingerprint density at radius 2 is 1.84 bits per heavy atom. The average molecular weight is 631 g/mol. The Morgan fingerprint density at radius 1 is 1.08 bits per heavy atom. The molecular weight excluding hydrogens is 605 g/mol. The number of non-ortho nitro benzene ring substituents is 1. The third kappa shape index (κ3) is 7.68.